The molecule has 2 atom stereocenters. The second-order valence-corrected chi connectivity index (χ2v) is 6.53. The van der Waals surface area contributed by atoms with Gasteiger partial charge >= 0.3 is 5.97 Å². The first kappa shape index (κ1) is 18.0. The first-order valence-electron chi connectivity index (χ1n) is 8.79. The standard InChI is InChI=1S/C21H23NO4/c1-3-18(14-8-10-17(26-2)11-9-14)20(23)22-13-16-7-5-4-6-15(16)12-19(22)21(24)25/h4-11,18-19H,3,12-13H2,1-2H3,(H,24,25). The molecule has 1 aliphatic heterocycles. The summed E-state index contributed by atoms with van der Waals surface area (Å²) in [6.07, 6.45) is 0.950. The third kappa shape index (κ3) is 3.43. The molecule has 2 unspecified atom stereocenters. The average Bonchev–Trinajstić information content (AvgIpc) is 2.67. The number of carboxylic acids is 1. The maximum atomic E-state index is 13.2. The van der Waals surface area contributed by atoms with Crippen molar-refractivity contribution < 1.29 is 19.4 Å². The summed E-state index contributed by atoms with van der Waals surface area (Å²) in [6, 6.07) is 14.3. The molecule has 5 heteroatoms. The van der Waals surface area contributed by atoms with Crippen molar-refractivity contribution in [3.63, 3.8) is 0 Å². The molecule has 1 heterocycles. The number of benzene rings is 2. The van der Waals surface area contributed by atoms with E-state index in [0.29, 0.717) is 19.4 Å². The van der Waals surface area contributed by atoms with E-state index in [1.54, 1.807) is 7.11 Å². The van der Waals surface area contributed by atoms with Crippen LogP contribution in [-0.4, -0.2) is 35.0 Å². The highest BCUT2D eigenvalue weighted by molar-refractivity contribution is 5.89. The molecule has 0 bridgehead atoms. The van der Waals surface area contributed by atoms with E-state index >= 15 is 0 Å². The number of ether oxygens (including phenoxy) is 1. The van der Waals surface area contributed by atoms with Crippen molar-refractivity contribution in [3.05, 3.63) is 65.2 Å². The molecule has 0 fully saturated rings. The van der Waals surface area contributed by atoms with Crippen LogP contribution in [-0.2, 0) is 22.6 Å². The Hall–Kier alpha value is -2.82. The summed E-state index contributed by atoms with van der Waals surface area (Å²) in [4.78, 5) is 26.6. The first-order chi connectivity index (χ1) is 12.5. The molecule has 0 saturated heterocycles. The van der Waals surface area contributed by atoms with E-state index < -0.39 is 12.0 Å². The summed E-state index contributed by atoms with van der Waals surface area (Å²) >= 11 is 0. The molecule has 136 valence electrons. The lowest BCUT2D eigenvalue weighted by atomic mass is 9.89. The van der Waals surface area contributed by atoms with Crippen molar-refractivity contribution in [2.75, 3.05) is 7.11 Å². The molecule has 0 saturated carbocycles. The number of carbonyl (C=O) groups excluding carboxylic acids is 1. The van der Waals surface area contributed by atoms with Gasteiger partial charge in [0.05, 0.1) is 13.0 Å². The van der Waals surface area contributed by atoms with E-state index in [9.17, 15) is 14.7 Å². The Kier molecular flexibility index (Phi) is 5.26. The number of nitrogens with zero attached hydrogens (tertiary/aromatic N) is 1. The lowest BCUT2D eigenvalue weighted by Gasteiger charge is -2.36. The molecule has 0 radical (unpaired) electrons. The number of hydrogen-bond acceptors (Lipinski definition) is 3. The zero-order valence-electron chi connectivity index (χ0n) is 15.0. The van der Waals surface area contributed by atoms with Gasteiger partial charge in [0, 0.05) is 13.0 Å². The fraction of sp³-hybridized carbons (Fsp3) is 0.333. The van der Waals surface area contributed by atoms with Gasteiger partial charge in [-0.3, -0.25) is 4.79 Å². The maximum Gasteiger partial charge on any atom is 0.326 e. The molecule has 1 amide bonds. The lowest BCUT2D eigenvalue weighted by molar-refractivity contribution is -0.152. The van der Waals surface area contributed by atoms with Gasteiger partial charge in [0.2, 0.25) is 5.91 Å². The van der Waals surface area contributed by atoms with Crippen molar-refractivity contribution in [3.8, 4) is 5.75 Å². The van der Waals surface area contributed by atoms with Gasteiger partial charge in [0.15, 0.2) is 0 Å². The summed E-state index contributed by atoms with van der Waals surface area (Å²) in [5.41, 5.74) is 2.89. The summed E-state index contributed by atoms with van der Waals surface area (Å²) < 4.78 is 5.17. The predicted molar refractivity (Wildman–Crippen MR) is 98.1 cm³/mol. The van der Waals surface area contributed by atoms with Gasteiger partial charge in [-0.2, -0.15) is 0 Å². The third-order valence-corrected chi connectivity index (χ3v) is 5.04. The van der Waals surface area contributed by atoms with Crippen LogP contribution in [0, 0.1) is 0 Å². The Labute approximate surface area is 153 Å². The number of methoxy groups -OCH3 is 1. The zero-order chi connectivity index (χ0) is 18.7. The van der Waals surface area contributed by atoms with Crippen LogP contribution in [0.2, 0.25) is 0 Å². The van der Waals surface area contributed by atoms with Crippen LogP contribution >= 0.6 is 0 Å². The van der Waals surface area contributed by atoms with Crippen molar-refractivity contribution in [1.29, 1.82) is 0 Å². The van der Waals surface area contributed by atoms with E-state index in [2.05, 4.69) is 0 Å². The predicted octanol–water partition coefficient (Wildman–Crippen LogP) is 3.23. The van der Waals surface area contributed by atoms with Gasteiger partial charge in [-0.05, 0) is 35.2 Å². The van der Waals surface area contributed by atoms with Gasteiger partial charge in [0.25, 0.3) is 0 Å². The summed E-state index contributed by atoms with van der Waals surface area (Å²) in [5, 5.41) is 9.67. The molecule has 1 aliphatic rings. The Morgan fingerprint density at radius 2 is 1.81 bits per heavy atom. The average molecular weight is 353 g/mol. The Balaban J connectivity index is 1.90. The van der Waals surface area contributed by atoms with Crippen molar-refractivity contribution in [2.24, 2.45) is 0 Å². The number of rotatable bonds is 5. The van der Waals surface area contributed by atoms with E-state index in [0.717, 1.165) is 22.4 Å². The summed E-state index contributed by atoms with van der Waals surface area (Å²) in [5.74, 6) is -0.739. The van der Waals surface area contributed by atoms with Gasteiger partial charge < -0.3 is 14.7 Å². The zero-order valence-corrected chi connectivity index (χ0v) is 15.0. The fourth-order valence-electron chi connectivity index (χ4n) is 3.56. The normalized spacial score (nSPS) is 17.3. The van der Waals surface area contributed by atoms with Gasteiger partial charge in [0.1, 0.15) is 11.8 Å². The van der Waals surface area contributed by atoms with E-state index in [-0.39, 0.29) is 11.8 Å². The number of amides is 1. The number of carboxylic acid groups (broad SMARTS) is 1. The van der Waals surface area contributed by atoms with Crippen molar-refractivity contribution in [1.82, 2.24) is 4.90 Å². The SMILES string of the molecule is CCC(C(=O)N1Cc2ccccc2CC1C(=O)O)c1ccc(OC)cc1. The second-order valence-electron chi connectivity index (χ2n) is 6.53. The minimum atomic E-state index is -0.961. The molecule has 5 nitrogen and oxygen atoms in total. The molecular formula is C21H23NO4. The quantitative estimate of drug-likeness (QED) is 0.896. The smallest absolute Gasteiger partial charge is 0.326 e. The second kappa shape index (κ2) is 7.60. The lowest BCUT2D eigenvalue weighted by Crippen LogP contribution is -2.50. The Morgan fingerprint density at radius 3 is 2.38 bits per heavy atom. The molecule has 0 aromatic heterocycles. The van der Waals surface area contributed by atoms with E-state index in [4.69, 9.17) is 4.74 Å². The molecule has 2 aromatic carbocycles. The molecular weight excluding hydrogens is 330 g/mol. The van der Waals surface area contributed by atoms with E-state index in [1.165, 1.54) is 4.90 Å². The number of aliphatic carboxylic acids is 1. The van der Waals surface area contributed by atoms with Crippen molar-refractivity contribution >= 4 is 11.9 Å². The Bertz CT molecular complexity index is 800. The third-order valence-electron chi connectivity index (χ3n) is 5.04. The van der Waals surface area contributed by atoms with Crippen LogP contribution in [0.4, 0.5) is 0 Å². The van der Waals surface area contributed by atoms with Gasteiger partial charge in [-0.25, -0.2) is 4.79 Å². The topological polar surface area (TPSA) is 66.8 Å². The first-order valence-corrected chi connectivity index (χ1v) is 8.79. The van der Waals surface area contributed by atoms with Crippen LogP contribution in [0.1, 0.15) is 36.0 Å². The molecule has 1 N–H and O–H groups in total. The maximum absolute atomic E-state index is 13.2. The molecule has 3 rings (SSSR count). The van der Waals surface area contributed by atoms with Crippen LogP contribution in [0.15, 0.2) is 48.5 Å². The highest BCUT2D eigenvalue weighted by Crippen LogP contribution is 2.30. The van der Waals surface area contributed by atoms with Crippen LogP contribution in [0.25, 0.3) is 0 Å². The summed E-state index contributed by atoms with van der Waals surface area (Å²) in [6.45, 7) is 2.28. The van der Waals surface area contributed by atoms with Crippen LogP contribution < -0.4 is 4.74 Å². The van der Waals surface area contributed by atoms with Crippen LogP contribution in [0.3, 0.4) is 0 Å². The molecule has 26 heavy (non-hydrogen) atoms. The molecule has 2 aromatic rings. The largest absolute Gasteiger partial charge is 0.497 e. The van der Waals surface area contributed by atoms with Crippen LogP contribution in [0.5, 0.6) is 5.75 Å². The van der Waals surface area contributed by atoms with Gasteiger partial charge in [-0.1, -0.05) is 43.3 Å². The minimum Gasteiger partial charge on any atom is -0.497 e. The van der Waals surface area contributed by atoms with E-state index in [1.807, 2.05) is 55.5 Å². The number of carbonyl (C=O) groups is 2. The highest BCUT2D eigenvalue weighted by atomic mass is 16.5. The molecule has 0 spiro atoms. The highest BCUT2D eigenvalue weighted by Gasteiger charge is 2.37. The number of hydrogen-bond donors (Lipinski definition) is 1. The summed E-state index contributed by atoms with van der Waals surface area (Å²) in [7, 11) is 1.60. The fourth-order valence-corrected chi connectivity index (χ4v) is 3.56. The van der Waals surface area contributed by atoms with Gasteiger partial charge in [-0.15, -0.1) is 0 Å². The number of fused-ring (bicyclic) bond motifs is 1. The minimum absolute atomic E-state index is 0.139. The van der Waals surface area contributed by atoms with Crippen molar-refractivity contribution in [2.45, 2.75) is 38.3 Å². The Morgan fingerprint density at radius 1 is 1.15 bits per heavy atom. The monoisotopic (exact) mass is 353 g/mol. The molecule has 0 aliphatic carbocycles.